The zero-order chi connectivity index (χ0) is 12.3. The van der Waals surface area contributed by atoms with E-state index in [-0.39, 0.29) is 0 Å². The summed E-state index contributed by atoms with van der Waals surface area (Å²) in [5, 5.41) is 13.3. The summed E-state index contributed by atoms with van der Waals surface area (Å²) < 4.78 is 10.6. The Kier molecular flexibility index (Phi) is 3.36. The van der Waals surface area contributed by atoms with E-state index in [0.29, 0.717) is 18.8 Å². The highest BCUT2D eigenvalue weighted by molar-refractivity contribution is 5.09. The van der Waals surface area contributed by atoms with Gasteiger partial charge in [-0.15, -0.1) is 0 Å². The van der Waals surface area contributed by atoms with Crippen LogP contribution in [0.3, 0.4) is 0 Å². The van der Waals surface area contributed by atoms with Gasteiger partial charge in [-0.2, -0.15) is 0 Å². The standard InChI is InChI=1S/C13H17NO3/c1-10-5-6-11(17-10)8-14-9-13(2,15)12-4-3-7-16-12/h3-7,14-15H,8-9H2,1-2H3. The van der Waals surface area contributed by atoms with Crippen LogP contribution in [-0.2, 0) is 12.1 Å². The fraction of sp³-hybridized carbons (Fsp3) is 0.385. The molecule has 0 saturated carbocycles. The Morgan fingerprint density at radius 3 is 2.76 bits per heavy atom. The van der Waals surface area contributed by atoms with E-state index < -0.39 is 5.60 Å². The first kappa shape index (κ1) is 12.0. The summed E-state index contributed by atoms with van der Waals surface area (Å²) >= 11 is 0. The van der Waals surface area contributed by atoms with Gasteiger partial charge in [-0.25, -0.2) is 0 Å². The van der Waals surface area contributed by atoms with Gasteiger partial charge in [0.1, 0.15) is 22.9 Å². The van der Waals surface area contributed by atoms with Crippen LogP contribution in [0.15, 0.2) is 39.4 Å². The molecule has 2 aromatic rings. The average Bonchev–Trinajstić information content (AvgIpc) is 2.89. The SMILES string of the molecule is Cc1ccc(CNCC(C)(O)c2ccco2)o1. The number of hydrogen-bond acceptors (Lipinski definition) is 4. The van der Waals surface area contributed by atoms with Crippen molar-refractivity contribution in [3.63, 3.8) is 0 Å². The van der Waals surface area contributed by atoms with Gasteiger partial charge < -0.3 is 19.3 Å². The lowest BCUT2D eigenvalue weighted by Crippen LogP contribution is -2.34. The van der Waals surface area contributed by atoms with Crippen molar-refractivity contribution in [1.29, 1.82) is 0 Å². The molecular formula is C13H17NO3. The van der Waals surface area contributed by atoms with Gasteiger partial charge >= 0.3 is 0 Å². The second kappa shape index (κ2) is 4.77. The first-order valence-corrected chi connectivity index (χ1v) is 5.60. The summed E-state index contributed by atoms with van der Waals surface area (Å²) in [6, 6.07) is 7.37. The third-order valence-corrected chi connectivity index (χ3v) is 2.62. The molecule has 0 fully saturated rings. The molecule has 1 atom stereocenters. The Morgan fingerprint density at radius 1 is 1.35 bits per heavy atom. The van der Waals surface area contributed by atoms with Crippen molar-refractivity contribution >= 4 is 0 Å². The van der Waals surface area contributed by atoms with Crippen molar-refractivity contribution in [3.8, 4) is 0 Å². The molecule has 2 rings (SSSR count). The first-order chi connectivity index (χ1) is 8.08. The van der Waals surface area contributed by atoms with E-state index in [4.69, 9.17) is 8.83 Å². The number of aliphatic hydroxyl groups is 1. The minimum Gasteiger partial charge on any atom is -0.466 e. The van der Waals surface area contributed by atoms with Gasteiger partial charge in [-0.3, -0.25) is 0 Å². The molecule has 1 unspecified atom stereocenters. The summed E-state index contributed by atoms with van der Waals surface area (Å²) in [4.78, 5) is 0. The summed E-state index contributed by atoms with van der Waals surface area (Å²) in [6.07, 6.45) is 1.56. The molecule has 0 aliphatic rings. The van der Waals surface area contributed by atoms with Crippen LogP contribution >= 0.6 is 0 Å². The maximum Gasteiger partial charge on any atom is 0.136 e. The van der Waals surface area contributed by atoms with Gasteiger partial charge in [-0.05, 0) is 38.1 Å². The molecule has 0 aliphatic carbocycles. The van der Waals surface area contributed by atoms with Crippen LogP contribution in [0.1, 0.15) is 24.2 Å². The van der Waals surface area contributed by atoms with E-state index in [9.17, 15) is 5.11 Å². The van der Waals surface area contributed by atoms with Gasteiger partial charge in [0, 0.05) is 6.54 Å². The number of nitrogens with one attached hydrogen (secondary N) is 1. The van der Waals surface area contributed by atoms with Crippen molar-refractivity contribution in [2.45, 2.75) is 26.0 Å². The Hall–Kier alpha value is -1.52. The molecular weight excluding hydrogens is 218 g/mol. The van der Waals surface area contributed by atoms with Gasteiger partial charge in [0.25, 0.3) is 0 Å². The average molecular weight is 235 g/mol. The Bertz CT molecular complexity index is 457. The number of rotatable bonds is 5. The Morgan fingerprint density at radius 2 is 2.18 bits per heavy atom. The third kappa shape index (κ3) is 2.99. The van der Waals surface area contributed by atoms with Gasteiger partial charge in [0.05, 0.1) is 12.8 Å². The van der Waals surface area contributed by atoms with E-state index in [1.807, 2.05) is 19.1 Å². The highest BCUT2D eigenvalue weighted by Crippen LogP contribution is 2.19. The second-order valence-electron chi connectivity index (χ2n) is 4.37. The van der Waals surface area contributed by atoms with E-state index in [0.717, 1.165) is 11.5 Å². The molecule has 0 amide bonds. The topological polar surface area (TPSA) is 58.5 Å². The minimum absolute atomic E-state index is 0.403. The Balaban J connectivity index is 1.86. The lowest BCUT2D eigenvalue weighted by atomic mass is 10.0. The van der Waals surface area contributed by atoms with Crippen LogP contribution in [0.5, 0.6) is 0 Å². The molecule has 17 heavy (non-hydrogen) atoms. The van der Waals surface area contributed by atoms with Crippen molar-refractivity contribution < 1.29 is 13.9 Å². The monoisotopic (exact) mass is 235 g/mol. The fourth-order valence-corrected chi connectivity index (χ4v) is 1.68. The van der Waals surface area contributed by atoms with Gasteiger partial charge in [0.2, 0.25) is 0 Å². The van der Waals surface area contributed by atoms with Crippen molar-refractivity contribution in [2.24, 2.45) is 0 Å². The molecule has 0 radical (unpaired) electrons. The molecule has 0 spiro atoms. The molecule has 0 saturated heterocycles. The predicted octanol–water partition coefficient (Wildman–Crippen LogP) is 2.18. The van der Waals surface area contributed by atoms with Crippen molar-refractivity contribution in [2.75, 3.05) is 6.54 Å². The van der Waals surface area contributed by atoms with Crippen LogP contribution < -0.4 is 5.32 Å². The predicted molar refractivity (Wildman–Crippen MR) is 63.4 cm³/mol. The minimum atomic E-state index is -1.01. The first-order valence-electron chi connectivity index (χ1n) is 5.60. The number of hydrogen-bond donors (Lipinski definition) is 2. The highest BCUT2D eigenvalue weighted by atomic mass is 16.4. The summed E-state index contributed by atoms with van der Waals surface area (Å²) in [6.45, 7) is 4.61. The lowest BCUT2D eigenvalue weighted by Gasteiger charge is -2.20. The van der Waals surface area contributed by atoms with Crippen LogP contribution in [0.2, 0.25) is 0 Å². The summed E-state index contributed by atoms with van der Waals surface area (Å²) in [7, 11) is 0. The summed E-state index contributed by atoms with van der Waals surface area (Å²) in [5.74, 6) is 2.30. The normalized spacial score (nSPS) is 14.8. The maximum absolute atomic E-state index is 10.2. The van der Waals surface area contributed by atoms with E-state index >= 15 is 0 Å². The smallest absolute Gasteiger partial charge is 0.136 e. The lowest BCUT2D eigenvalue weighted by molar-refractivity contribution is 0.0336. The molecule has 0 aliphatic heterocycles. The van der Waals surface area contributed by atoms with E-state index in [1.54, 1.807) is 25.3 Å². The molecule has 0 aromatic carbocycles. The molecule has 0 bridgehead atoms. The maximum atomic E-state index is 10.2. The number of furan rings is 2. The van der Waals surface area contributed by atoms with Crippen LogP contribution in [0.4, 0.5) is 0 Å². The second-order valence-corrected chi connectivity index (χ2v) is 4.37. The Labute approximate surface area is 100 Å². The molecule has 4 nitrogen and oxygen atoms in total. The van der Waals surface area contributed by atoms with Gasteiger partial charge in [-0.1, -0.05) is 0 Å². The summed E-state index contributed by atoms with van der Waals surface area (Å²) in [5.41, 5.74) is -1.01. The largest absolute Gasteiger partial charge is 0.466 e. The molecule has 2 heterocycles. The zero-order valence-corrected chi connectivity index (χ0v) is 10.1. The van der Waals surface area contributed by atoms with Crippen LogP contribution in [-0.4, -0.2) is 11.7 Å². The van der Waals surface area contributed by atoms with Crippen LogP contribution in [0.25, 0.3) is 0 Å². The number of aryl methyl sites for hydroxylation is 1. The molecule has 4 heteroatoms. The molecule has 2 N–H and O–H groups in total. The van der Waals surface area contributed by atoms with E-state index in [1.165, 1.54) is 0 Å². The molecule has 2 aromatic heterocycles. The van der Waals surface area contributed by atoms with Crippen LogP contribution in [0, 0.1) is 6.92 Å². The quantitative estimate of drug-likeness (QED) is 0.834. The van der Waals surface area contributed by atoms with Crippen molar-refractivity contribution in [3.05, 3.63) is 47.8 Å². The third-order valence-electron chi connectivity index (χ3n) is 2.62. The highest BCUT2D eigenvalue weighted by Gasteiger charge is 2.25. The fourth-order valence-electron chi connectivity index (χ4n) is 1.68. The van der Waals surface area contributed by atoms with Crippen molar-refractivity contribution in [1.82, 2.24) is 5.32 Å². The zero-order valence-electron chi connectivity index (χ0n) is 10.1. The van der Waals surface area contributed by atoms with Gasteiger partial charge in [0.15, 0.2) is 0 Å². The molecule has 92 valence electrons. The van der Waals surface area contributed by atoms with E-state index in [2.05, 4.69) is 5.32 Å².